The van der Waals surface area contributed by atoms with Crippen molar-refractivity contribution in [3.05, 3.63) is 35.9 Å². The highest BCUT2D eigenvalue weighted by Crippen LogP contribution is 2.28. The van der Waals surface area contributed by atoms with E-state index in [1.54, 1.807) is 0 Å². The van der Waals surface area contributed by atoms with Gasteiger partial charge < -0.3 is 0 Å². The third kappa shape index (κ3) is 3.59. The predicted octanol–water partition coefficient (Wildman–Crippen LogP) is 1.73. The summed E-state index contributed by atoms with van der Waals surface area (Å²) in [6, 6.07) is 10.6. The van der Waals surface area contributed by atoms with E-state index in [4.69, 9.17) is 0 Å². The summed E-state index contributed by atoms with van der Waals surface area (Å²) in [6.07, 6.45) is 3.50. The predicted molar refractivity (Wildman–Crippen MR) is 79.8 cm³/mol. The molecule has 4 nitrogen and oxygen atoms in total. The fourth-order valence-electron chi connectivity index (χ4n) is 2.76. The summed E-state index contributed by atoms with van der Waals surface area (Å²) >= 11 is 0. The fourth-order valence-corrected chi connectivity index (χ4v) is 4.41. The fraction of sp³-hybridized carbons (Fsp3) is 0.600. The molecule has 0 unspecified atom stereocenters. The van der Waals surface area contributed by atoms with E-state index >= 15 is 0 Å². The zero-order valence-corrected chi connectivity index (χ0v) is 12.5. The summed E-state index contributed by atoms with van der Waals surface area (Å²) in [6.45, 7) is 2.89. The van der Waals surface area contributed by atoms with E-state index in [-0.39, 0.29) is 11.3 Å². The largest absolute Gasteiger partial charge is 0.299 e. The van der Waals surface area contributed by atoms with Gasteiger partial charge in [-0.1, -0.05) is 30.3 Å². The Morgan fingerprint density at radius 3 is 2.30 bits per heavy atom. The molecule has 1 aliphatic heterocycles. The van der Waals surface area contributed by atoms with Crippen LogP contribution in [0, 0.1) is 0 Å². The van der Waals surface area contributed by atoms with Crippen molar-refractivity contribution in [2.75, 3.05) is 13.1 Å². The Morgan fingerprint density at radius 1 is 1.05 bits per heavy atom. The van der Waals surface area contributed by atoms with Crippen molar-refractivity contribution in [1.29, 1.82) is 0 Å². The lowest BCUT2D eigenvalue weighted by Crippen LogP contribution is -2.45. The van der Waals surface area contributed by atoms with Crippen molar-refractivity contribution < 1.29 is 8.42 Å². The lowest BCUT2D eigenvalue weighted by Gasteiger charge is -2.32. The maximum Gasteiger partial charge on any atom is 0.214 e. The van der Waals surface area contributed by atoms with Crippen molar-refractivity contribution in [2.24, 2.45) is 0 Å². The number of benzene rings is 1. The van der Waals surface area contributed by atoms with Crippen LogP contribution in [0.15, 0.2) is 30.3 Å². The molecule has 110 valence electrons. The van der Waals surface area contributed by atoms with Crippen LogP contribution in [-0.2, 0) is 16.6 Å². The molecular weight excluding hydrogens is 272 g/mol. The molecular formula is C15H22N2O2S. The maximum atomic E-state index is 11.9. The number of sulfonamides is 1. The monoisotopic (exact) mass is 294 g/mol. The van der Waals surface area contributed by atoms with Crippen LogP contribution in [-0.4, -0.2) is 37.7 Å². The third-order valence-electron chi connectivity index (χ3n) is 4.13. The Labute approximate surface area is 121 Å². The van der Waals surface area contributed by atoms with Gasteiger partial charge in [0.25, 0.3) is 0 Å². The van der Waals surface area contributed by atoms with Crippen molar-refractivity contribution >= 4 is 10.0 Å². The first-order chi connectivity index (χ1) is 9.63. The zero-order valence-electron chi connectivity index (χ0n) is 11.7. The Hall–Kier alpha value is -0.910. The summed E-state index contributed by atoms with van der Waals surface area (Å²) < 4.78 is 26.7. The Kier molecular flexibility index (Phi) is 4.10. The minimum atomic E-state index is -3.03. The molecule has 2 fully saturated rings. The van der Waals surface area contributed by atoms with E-state index < -0.39 is 10.0 Å². The van der Waals surface area contributed by atoms with Gasteiger partial charge in [0, 0.05) is 25.7 Å². The van der Waals surface area contributed by atoms with E-state index in [0.29, 0.717) is 0 Å². The smallest absolute Gasteiger partial charge is 0.214 e. The second-order valence-corrected chi connectivity index (χ2v) is 7.89. The van der Waals surface area contributed by atoms with E-state index in [2.05, 4.69) is 33.9 Å². The Balaban J connectivity index is 1.47. The second-order valence-electron chi connectivity index (χ2n) is 5.90. The molecule has 0 radical (unpaired) electrons. The molecule has 2 aliphatic rings. The van der Waals surface area contributed by atoms with Crippen molar-refractivity contribution in [1.82, 2.24) is 9.62 Å². The van der Waals surface area contributed by atoms with Gasteiger partial charge in [0.15, 0.2) is 0 Å². The second kappa shape index (κ2) is 5.84. The number of hydrogen-bond donors (Lipinski definition) is 1. The van der Waals surface area contributed by atoms with Crippen LogP contribution in [0.5, 0.6) is 0 Å². The summed E-state index contributed by atoms with van der Waals surface area (Å²) in [7, 11) is -3.03. The van der Waals surface area contributed by atoms with Crippen LogP contribution in [0.4, 0.5) is 0 Å². The summed E-state index contributed by atoms with van der Waals surface area (Å²) in [5.74, 6) is 0. The standard InChI is InChI=1S/C15H22N2O2S/c18-20(19,15-6-7-15)16-14-8-10-17(11-9-14)12-13-4-2-1-3-5-13/h1-5,14-16H,6-12H2. The van der Waals surface area contributed by atoms with Crippen molar-refractivity contribution in [3.8, 4) is 0 Å². The maximum absolute atomic E-state index is 11.9. The van der Waals surface area contributed by atoms with Crippen LogP contribution in [0.1, 0.15) is 31.2 Å². The SMILES string of the molecule is O=S(=O)(NC1CCN(Cc2ccccc2)CC1)C1CC1. The van der Waals surface area contributed by atoms with E-state index in [1.807, 2.05) is 6.07 Å². The highest BCUT2D eigenvalue weighted by atomic mass is 32.2. The molecule has 1 aliphatic carbocycles. The number of nitrogens with zero attached hydrogens (tertiary/aromatic N) is 1. The van der Waals surface area contributed by atoms with Crippen LogP contribution in [0.3, 0.4) is 0 Å². The van der Waals surface area contributed by atoms with Crippen molar-refractivity contribution in [3.63, 3.8) is 0 Å². The molecule has 0 spiro atoms. The lowest BCUT2D eigenvalue weighted by molar-refractivity contribution is 0.200. The van der Waals surface area contributed by atoms with Crippen molar-refractivity contribution in [2.45, 2.75) is 43.5 Å². The first kappa shape index (κ1) is 14.0. The van der Waals surface area contributed by atoms with Gasteiger partial charge in [0.2, 0.25) is 10.0 Å². The average molecular weight is 294 g/mol. The first-order valence-electron chi connectivity index (χ1n) is 7.41. The molecule has 1 aromatic carbocycles. The van der Waals surface area contributed by atoms with Crippen LogP contribution in [0.25, 0.3) is 0 Å². The van der Waals surface area contributed by atoms with E-state index in [0.717, 1.165) is 45.3 Å². The minimum Gasteiger partial charge on any atom is -0.299 e. The summed E-state index contributed by atoms with van der Waals surface area (Å²) in [4.78, 5) is 2.40. The third-order valence-corrected chi connectivity index (χ3v) is 6.14. The molecule has 3 rings (SSSR count). The number of hydrogen-bond acceptors (Lipinski definition) is 3. The molecule has 1 N–H and O–H groups in total. The lowest BCUT2D eigenvalue weighted by atomic mass is 10.1. The molecule has 0 atom stereocenters. The number of nitrogens with one attached hydrogen (secondary N) is 1. The minimum absolute atomic E-state index is 0.107. The van der Waals surface area contributed by atoms with Crippen LogP contribution in [0.2, 0.25) is 0 Å². The first-order valence-corrected chi connectivity index (χ1v) is 8.95. The van der Waals surface area contributed by atoms with Gasteiger partial charge in [0.1, 0.15) is 0 Å². The van der Waals surface area contributed by atoms with Gasteiger partial charge in [0.05, 0.1) is 5.25 Å². The number of likely N-dealkylation sites (tertiary alicyclic amines) is 1. The summed E-state index contributed by atoms with van der Waals surface area (Å²) in [5, 5.41) is -0.107. The topological polar surface area (TPSA) is 49.4 Å². The molecule has 0 bridgehead atoms. The molecule has 0 aromatic heterocycles. The van der Waals surface area contributed by atoms with Crippen LogP contribution >= 0.6 is 0 Å². The molecule has 1 saturated heterocycles. The molecule has 0 amide bonds. The van der Waals surface area contributed by atoms with Gasteiger partial charge in [-0.05, 0) is 31.2 Å². The normalized spacial score (nSPS) is 22.0. The molecule has 1 aromatic rings. The molecule has 1 saturated carbocycles. The van der Waals surface area contributed by atoms with Gasteiger partial charge >= 0.3 is 0 Å². The summed E-state index contributed by atoms with van der Waals surface area (Å²) in [5.41, 5.74) is 1.32. The van der Waals surface area contributed by atoms with Gasteiger partial charge in [-0.3, -0.25) is 4.90 Å². The highest BCUT2D eigenvalue weighted by molar-refractivity contribution is 7.90. The molecule has 5 heteroatoms. The Bertz CT molecular complexity index is 532. The van der Waals surface area contributed by atoms with Gasteiger partial charge in [-0.2, -0.15) is 0 Å². The molecule has 20 heavy (non-hydrogen) atoms. The van der Waals surface area contributed by atoms with Gasteiger partial charge in [-0.15, -0.1) is 0 Å². The van der Waals surface area contributed by atoms with Crippen LogP contribution < -0.4 is 4.72 Å². The number of rotatable bonds is 5. The zero-order chi connectivity index (χ0) is 14.0. The quantitative estimate of drug-likeness (QED) is 0.900. The molecule has 1 heterocycles. The van der Waals surface area contributed by atoms with Gasteiger partial charge in [-0.25, -0.2) is 13.1 Å². The highest BCUT2D eigenvalue weighted by Gasteiger charge is 2.37. The van der Waals surface area contributed by atoms with E-state index in [9.17, 15) is 8.42 Å². The van der Waals surface area contributed by atoms with E-state index in [1.165, 1.54) is 5.56 Å². The average Bonchev–Trinajstić information content (AvgIpc) is 3.27. The number of piperidine rings is 1. The Morgan fingerprint density at radius 2 is 1.70 bits per heavy atom.